The van der Waals surface area contributed by atoms with E-state index in [1.165, 1.54) is 12.1 Å². The first-order valence-electron chi connectivity index (χ1n) is 7.14. The van der Waals surface area contributed by atoms with Crippen LogP contribution in [-0.4, -0.2) is 11.7 Å². The van der Waals surface area contributed by atoms with Gasteiger partial charge < -0.3 is 21.3 Å². The summed E-state index contributed by atoms with van der Waals surface area (Å²) in [6, 6.07) is 8.64. The first-order chi connectivity index (χ1) is 11.4. The highest BCUT2D eigenvalue weighted by Crippen LogP contribution is 2.35. The molecule has 0 bridgehead atoms. The molecule has 0 radical (unpaired) electrons. The van der Waals surface area contributed by atoms with Gasteiger partial charge in [0.25, 0.3) is 0 Å². The number of anilines is 1. The molecule has 0 saturated heterocycles. The SMILES string of the molecule is C=C/C=C\c1ccc(C(N)c2ccc(OC(F)F)cc2)c(O)c1N. The van der Waals surface area contributed by atoms with Crippen molar-refractivity contribution in [1.29, 1.82) is 0 Å². The van der Waals surface area contributed by atoms with Crippen LogP contribution in [0.3, 0.4) is 0 Å². The minimum Gasteiger partial charge on any atom is -0.505 e. The predicted molar refractivity (Wildman–Crippen MR) is 90.9 cm³/mol. The molecular weight excluding hydrogens is 314 g/mol. The Hall–Kier alpha value is -2.86. The van der Waals surface area contributed by atoms with Crippen LogP contribution < -0.4 is 16.2 Å². The van der Waals surface area contributed by atoms with Gasteiger partial charge >= 0.3 is 6.61 Å². The lowest BCUT2D eigenvalue weighted by molar-refractivity contribution is -0.0498. The number of allylic oxidation sites excluding steroid dienone is 2. The maximum absolute atomic E-state index is 12.2. The average Bonchev–Trinajstić information content (AvgIpc) is 2.56. The molecule has 0 aliphatic carbocycles. The Balaban J connectivity index is 2.29. The lowest BCUT2D eigenvalue weighted by Gasteiger charge is -2.17. The number of nitrogen functional groups attached to an aromatic ring is 1. The van der Waals surface area contributed by atoms with Crippen LogP contribution in [0.15, 0.2) is 55.1 Å². The van der Waals surface area contributed by atoms with E-state index in [1.807, 2.05) is 0 Å². The van der Waals surface area contributed by atoms with Gasteiger partial charge in [0.2, 0.25) is 0 Å². The van der Waals surface area contributed by atoms with Crippen LogP contribution >= 0.6 is 0 Å². The zero-order valence-electron chi connectivity index (χ0n) is 12.8. The summed E-state index contributed by atoms with van der Waals surface area (Å²) in [5.41, 5.74) is 14.0. The number of hydrogen-bond acceptors (Lipinski definition) is 4. The van der Waals surface area contributed by atoms with Crippen molar-refractivity contribution in [2.24, 2.45) is 5.73 Å². The van der Waals surface area contributed by atoms with E-state index in [0.717, 1.165) is 0 Å². The van der Waals surface area contributed by atoms with Crippen LogP contribution in [0, 0.1) is 0 Å². The van der Waals surface area contributed by atoms with Gasteiger partial charge in [0.1, 0.15) is 11.5 Å². The zero-order chi connectivity index (χ0) is 17.7. The molecule has 0 spiro atoms. The van der Waals surface area contributed by atoms with Crippen molar-refractivity contribution in [1.82, 2.24) is 0 Å². The highest BCUT2D eigenvalue weighted by Gasteiger charge is 2.17. The number of alkyl halides is 2. The van der Waals surface area contributed by atoms with Gasteiger partial charge in [-0.25, -0.2) is 0 Å². The Labute approximate surface area is 138 Å². The molecule has 0 heterocycles. The molecule has 0 aliphatic rings. The fourth-order valence-corrected chi connectivity index (χ4v) is 2.24. The summed E-state index contributed by atoms with van der Waals surface area (Å²) < 4.78 is 28.6. The van der Waals surface area contributed by atoms with E-state index < -0.39 is 12.7 Å². The number of ether oxygens (including phenoxy) is 1. The Morgan fingerprint density at radius 2 is 1.79 bits per heavy atom. The number of hydrogen-bond donors (Lipinski definition) is 3. The molecule has 2 aromatic carbocycles. The van der Waals surface area contributed by atoms with Crippen molar-refractivity contribution in [3.05, 3.63) is 71.8 Å². The Bertz CT molecular complexity index is 743. The van der Waals surface area contributed by atoms with E-state index in [0.29, 0.717) is 16.7 Å². The molecule has 0 amide bonds. The van der Waals surface area contributed by atoms with Gasteiger partial charge in [-0.2, -0.15) is 8.78 Å². The average molecular weight is 332 g/mol. The van der Waals surface area contributed by atoms with Crippen LogP contribution in [0.1, 0.15) is 22.7 Å². The summed E-state index contributed by atoms with van der Waals surface area (Å²) in [6.07, 6.45) is 5.01. The van der Waals surface area contributed by atoms with Crippen molar-refractivity contribution < 1.29 is 18.6 Å². The minimum absolute atomic E-state index is 0.0367. The lowest BCUT2D eigenvalue weighted by atomic mass is 9.96. The van der Waals surface area contributed by atoms with Gasteiger partial charge in [-0.05, 0) is 17.7 Å². The van der Waals surface area contributed by atoms with E-state index in [4.69, 9.17) is 11.5 Å². The van der Waals surface area contributed by atoms with Gasteiger partial charge in [-0.3, -0.25) is 0 Å². The van der Waals surface area contributed by atoms with Crippen LogP contribution in [0.2, 0.25) is 0 Å². The molecule has 1 atom stereocenters. The summed E-state index contributed by atoms with van der Waals surface area (Å²) in [6.45, 7) is 0.686. The van der Waals surface area contributed by atoms with Gasteiger partial charge in [0, 0.05) is 11.1 Å². The maximum Gasteiger partial charge on any atom is 0.387 e. The largest absolute Gasteiger partial charge is 0.505 e. The van der Waals surface area contributed by atoms with Crippen molar-refractivity contribution in [2.45, 2.75) is 12.7 Å². The zero-order valence-corrected chi connectivity index (χ0v) is 12.8. The minimum atomic E-state index is -2.88. The molecule has 1 unspecified atom stereocenters. The first kappa shape index (κ1) is 17.5. The maximum atomic E-state index is 12.2. The van der Waals surface area contributed by atoms with Crippen LogP contribution in [-0.2, 0) is 0 Å². The third-order valence-corrected chi connectivity index (χ3v) is 3.49. The van der Waals surface area contributed by atoms with E-state index in [-0.39, 0.29) is 17.2 Å². The van der Waals surface area contributed by atoms with Gasteiger partial charge in [-0.15, -0.1) is 0 Å². The molecule has 0 aliphatic heterocycles. The van der Waals surface area contributed by atoms with E-state index in [1.54, 1.807) is 42.5 Å². The number of rotatable bonds is 6. The molecule has 2 rings (SSSR count). The monoisotopic (exact) mass is 332 g/mol. The molecule has 126 valence electrons. The van der Waals surface area contributed by atoms with Gasteiger partial charge in [0.15, 0.2) is 0 Å². The van der Waals surface area contributed by atoms with Crippen molar-refractivity contribution in [2.75, 3.05) is 5.73 Å². The normalized spacial score (nSPS) is 12.5. The number of phenols is 1. The molecule has 0 aromatic heterocycles. The molecule has 0 fully saturated rings. The summed E-state index contributed by atoms with van der Waals surface area (Å²) >= 11 is 0. The van der Waals surface area contributed by atoms with Crippen molar-refractivity contribution in [3.8, 4) is 11.5 Å². The van der Waals surface area contributed by atoms with Gasteiger partial charge in [-0.1, -0.05) is 49.1 Å². The van der Waals surface area contributed by atoms with Crippen molar-refractivity contribution in [3.63, 3.8) is 0 Å². The summed E-state index contributed by atoms with van der Waals surface area (Å²) in [5.74, 6) is -0.0729. The third-order valence-electron chi connectivity index (χ3n) is 3.49. The molecule has 2 aromatic rings. The number of halogens is 2. The fraction of sp³-hybridized carbons (Fsp3) is 0.111. The second-order valence-corrected chi connectivity index (χ2v) is 5.03. The number of nitrogens with two attached hydrogens (primary N) is 2. The molecule has 5 N–H and O–H groups in total. The second kappa shape index (κ2) is 7.61. The lowest BCUT2D eigenvalue weighted by Crippen LogP contribution is -2.13. The van der Waals surface area contributed by atoms with E-state index in [9.17, 15) is 13.9 Å². The van der Waals surface area contributed by atoms with Crippen LogP contribution in [0.5, 0.6) is 11.5 Å². The van der Waals surface area contributed by atoms with E-state index >= 15 is 0 Å². The highest BCUT2D eigenvalue weighted by atomic mass is 19.3. The Kier molecular flexibility index (Phi) is 5.55. The Morgan fingerprint density at radius 3 is 2.38 bits per heavy atom. The standard InChI is InChI=1S/C18H18F2N2O2/c1-2-3-4-11-7-10-14(17(23)16(11)22)15(21)12-5-8-13(9-6-12)24-18(19)20/h2-10,15,18,23H,1,21-22H2/b4-3-. The summed E-state index contributed by atoms with van der Waals surface area (Å²) in [7, 11) is 0. The smallest absolute Gasteiger partial charge is 0.387 e. The molecule has 6 heteroatoms. The number of phenolic OH excluding ortho intramolecular Hbond substituents is 1. The van der Waals surface area contributed by atoms with Crippen LogP contribution in [0.4, 0.5) is 14.5 Å². The number of benzene rings is 2. The molecule has 24 heavy (non-hydrogen) atoms. The molecule has 0 saturated carbocycles. The fourth-order valence-electron chi connectivity index (χ4n) is 2.24. The molecular formula is C18H18F2N2O2. The van der Waals surface area contributed by atoms with Crippen molar-refractivity contribution >= 4 is 11.8 Å². The summed E-state index contributed by atoms with van der Waals surface area (Å²) in [5, 5.41) is 10.3. The highest BCUT2D eigenvalue weighted by molar-refractivity contribution is 5.73. The molecule has 4 nitrogen and oxygen atoms in total. The second-order valence-electron chi connectivity index (χ2n) is 5.03. The van der Waals surface area contributed by atoms with Crippen LogP contribution in [0.25, 0.3) is 6.08 Å². The quantitative estimate of drug-likeness (QED) is 0.427. The van der Waals surface area contributed by atoms with Gasteiger partial charge in [0.05, 0.1) is 11.7 Å². The Morgan fingerprint density at radius 1 is 1.12 bits per heavy atom. The van der Waals surface area contributed by atoms with E-state index in [2.05, 4.69) is 11.3 Å². The first-order valence-corrected chi connectivity index (χ1v) is 7.14. The predicted octanol–water partition coefficient (Wildman–Crippen LogP) is 3.82. The topological polar surface area (TPSA) is 81.5 Å². The third kappa shape index (κ3) is 3.91. The summed E-state index contributed by atoms with van der Waals surface area (Å²) in [4.78, 5) is 0. The number of aromatic hydroxyl groups is 1.